The lowest BCUT2D eigenvalue weighted by Crippen LogP contribution is -2.46. The van der Waals surface area contributed by atoms with Gasteiger partial charge < -0.3 is 4.74 Å². The number of carbonyl (C=O) groups is 1. The molecule has 114 valence electrons. The Balaban J connectivity index is 1.57. The fraction of sp³-hybridized carbons (Fsp3) is 0.944. The first kappa shape index (κ1) is 14.4. The second-order valence-corrected chi connectivity index (χ2v) is 8.28. The molecule has 4 saturated carbocycles. The van der Waals surface area contributed by atoms with Crippen LogP contribution < -0.4 is 0 Å². The van der Waals surface area contributed by atoms with Crippen LogP contribution in [0.15, 0.2) is 0 Å². The molecule has 0 aromatic rings. The molecular formula is C18H30O2. The lowest BCUT2D eigenvalue weighted by atomic mass is 9.51. The van der Waals surface area contributed by atoms with Gasteiger partial charge in [-0.05, 0) is 82.0 Å². The SMILES string of the molecule is CCCC(C)(C)OC(=O)CC1C2CC3CC(C2)CC1C3. The maximum atomic E-state index is 12.3. The van der Waals surface area contributed by atoms with Crippen LogP contribution in [0.4, 0.5) is 0 Å². The van der Waals surface area contributed by atoms with Crippen LogP contribution in [0.2, 0.25) is 0 Å². The van der Waals surface area contributed by atoms with Crippen molar-refractivity contribution in [3.63, 3.8) is 0 Å². The van der Waals surface area contributed by atoms with Gasteiger partial charge in [0.05, 0.1) is 0 Å². The molecule has 4 bridgehead atoms. The summed E-state index contributed by atoms with van der Waals surface area (Å²) in [4.78, 5) is 12.3. The Morgan fingerprint density at radius 2 is 1.60 bits per heavy atom. The molecule has 4 rings (SSSR count). The zero-order valence-electron chi connectivity index (χ0n) is 13.4. The van der Waals surface area contributed by atoms with E-state index in [1.807, 2.05) is 13.8 Å². The Kier molecular flexibility index (Phi) is 3.85. The minimum Gasteiger partial charge on any atom is -0.460 e. The van der Waals surface area contributed by atoms with Crippen LogP contribution in [0.3, 0.4) is 0 Å². The van der Waals surface area contributed by atoms with Crippen molar-refractivity contribution in [3.05, 3.63) is 0 Å². The Hall–Kier alpha value is -0.530. The van der Waals surface area contributed by atoms with E-state index in [2.05, 4.69) is 6.92 Å². The Labute approximate surface area is 123 Å². The van der Waals surface area contributed by atoms with Crippen molar-refractivity contribution in [1.29, 1.82) is 0 Å². The molecule has 0 aromatic heterocycles. The van der Waals surface area contributed by atoms with E-state index >= 15 is 0 Å². The lowest BCUT2D eigenvalue weighted by Gasteiger charge is -2.54. The highest BCUT2D eigenvalue weighted by atomic mass is 16.6. The highest BCUT2D eigenvalue weighted by Crippen LogP contribution is 2.57. The normalized spacial score (nSPS) is 39.0. The van der Waals surface area contributed by atoms with Crippen molar-refractivity contribution in [3.8, 4) is 0 Å². The maximum absolute atomic E-state index is 12.3. The van der Waals surface area contributed by atoms with Crippen LogP contribution >= 0.6 is 0 Å². The van der Waals surface area contributed by atoms with Crippen LogP contribution in [0.5, 0.6) is 0 Å². The zero-order valence-corrected chi connectivity index (χ0v) is 13.4. The summed E-state index contributed by atoms with van der Waals surface area (Å²) < 4.78 is 5.75. The van der Waals surface area contributed by atoms with E-state index in [0.29, 0.717) is 12.3 Å². The Morgan fingerprint density at radius 3 is 2.10 bits per heavy atom. The summed E-state index contributed by atoms with van der Waals surface area (Å²) in [5, 5.41) is 0. The molecule has 4 aliphatic rings. The van der Waals surface area contributed by atoms with Gasteiger partial charge in [0.2, 0.25) is 0 Å². The Bertz CT molecular complexity index is 344. The molecule has 2 nitrogen and oxygen atoms in total. The fourth-order valence-corrected chi connectivity index (χ4v) is 5.57. The molecule has 0 aliphatic heterocycles. The largest absolute Gasteiger partial charge is 0.460 e. The monoisotopic (exact) mass is 278 g/mol. The smallest absolute Gasteiger partial charge is 0.306 e. The average Bonchev–Trinajstić information content (AvgIpc) is 2.32. The van der Waals surface area contributed by atoms with Gasteiger partial charge in [-0.25, -0.2) is 0 Å². The van der Waals surface area contributed by atoms with E-state index in [4.69, 9.17) is 4.74 Å². The van der Waals surface area contributed by atoms with Gasteiger partial charge in [-0.2, -0.15) is 0 Å². The number of ether oxygens (including phenoxy) is 1. The molecule has 0 atom stereocenters. The van der Waals surface area contributed by atoms with Crippen molar-refractivity contribution < 1.29 is 9.53 Å². The van der Waals surface area contributed by atoms with Crippen LogP contribution in [0.1, 0.15) is 72.1 Å². The molecule has 2 heteroatoms. The third kappa shape index (κ3) is 2.89. The van der Waals surface area contributed by atoms with Crippen molar-refractivity contribution in [2.45, 2.75) is 77.7 Å². The third-order valence-corrected chi connectivity index (χ3v) is 6.07. The lowest BCUT2D eigenvalue weighted by molar-refractivity contribution is -0.162. The predicted octanol–water partition coefficient (Wildman–Crippen LogP) is 4.57. The first-order chi connectivity index (χ1) is 9.47. The summed E-state index contributed by atoms with van der Waals surface area (Å²) in [5.41, 5.74) is -0.280. The molecule has 0 spiro atoms. The topological polar surface area (TPSA) is 26.3 Å². The third-order valence-electron chi connectivity index (χ3n) is 6.07. The van der Waals surface area contributed by atoms with E-state index in [0.717, 1.165) is 36.5 Å². The van der Waals surface area contributed by atoms with Crippen molar-refractivity contribution in [2.75, 3.05) is 0 Å². The highest BCUT2D eigenvalue weighted by Gasteiger charge is 2.48. The number of esters is 1. The van der Waals surface area contributed by atoms with Gasteiger partial charge in [-0.3, -0.25) is 4.79 Å². The fourth-order valence-electron chi connectivity index (χ4n) is 5.57. The molecule has 0 N–H and O–H groups in total. The summed E-state index contributed by atoms with van der Waals surface area (Å²) in [6, 6.07) is 0. The molecule has 4 aliphatic carbocycles. The maximum Gasteiger partial charge on any atom is 0.306 e. The van der Waals surface area contributed by atoms with Gasteiger partial charge >= 0.3 is 5.97 Å². The molecule has 20 heavy (non-hydrogen) atoms. The first-order valence-corrected chi connectivity index (χ1v) is 8.68. The van der Waals surface area contributed by atoms with Gasteiger partial charge in [0.1, 0.15) is 5.60 Å². The predicted molar refractivity (Wildman–Crippen MR) is 80.2 cm³/mol. The molecule has 0 heterocycles. The average molecular weight is 278 g/mol. The second-order valence-electron chi connectivity index (χ2n) is 8.28. The van der Waals surface area contributed by atoms with Crippen LogP contribution in [-0.4, -0.2) is 11.6 Å². The highest BCUT2D eigenvalue weighted by molar-refractivity contribution is 5.70. The molecule has 4 fully saturated rings. The zero-order chi connectivity index (χ0) is 14.3. The van der Waals surface area contributed by atoms with Crippen molar-refractivity contribution in [1.82, 2.24) is 0 Å². The van der Waals surface area contributed by atoms with E-state index in [1.54, 1.807) is 0 Å². The first-order valence-electron chi connectivity index (χ1n) is 8.68. The van der Waals surface area contributed by atoms with Crippen molar-refractivity contribution >= 4 is 5.97 Å². The molecule has 0 saturated heterocycles. The van der Waals surface area contributed by atoms with Gasteiger partial charge in [-0.15, -0.1) is 0 Å². The van der Waals surface area contributed by atoms with Gasteiger partial charge in [0.25, 0.3) is 0 Å². The molecular weight excluding hydrogens is 248 g/mol. The molecule has 0 unspecified atom stereocenters. The van der Waals surface area contributed by atoms with Crippen LogP contribution in [0.25, 0.3) is 0 Å². The van der Waals surface area contributed by atoms with Gasteiger partial charge in [0.15, 0.2) is 0 Å². The number of carbonyl (C=O) groups excluding carboxylic acids is 1. The van der Waals surface area contributed by atoms with Gasteiger partial charge in [0, 0.05) is 6.42 Å². The molecule has 0 amide bonds. The Morgan fingerprint density at radius 1 is 1.05 bits per heavy atom. The summed E-state index contributed by atoms with van der Waals surface area (Å²) in [6.45, 7) is 6.24. The van der Waals surface area contributed by atoms with E-state index in [9.17, 15) is 4.79 Å². The second kappa shape index (κ2) is 5.35. The number of hydrogen-bond donors (Lipinski definition) is 0. The molecule has 0 radical (unpaired) electrons. The summed E-state index contributed by atoms with van der Waals surface area (Å²) in [6.07, 6.45) is 9.76. The summed E-state index contributed by atoms with van der Waals surface area (Å²) in [7, 11) is 0. The number of hydrogen-bond acceptors (Lipinski definition) is 2. The minimum atomic E-state index is -0.280. The quantitative estimate of drug-likeness (QED) is 0.689. The standard InChI is InChI=1S/C18H30O2/c1-4-5-18(2,3)20-17(19)11-16-14-7-12-6-13(9-14)10-15(16)8-12/h12-16H,4-11H2,1-3H3. The molecule has 0 aromatic carbocycles. The van der Waals surface area contributed by atoms with E-state index in [-0.39, 0.29) is 11.6 Å². The summed E-state index contributed by atoms with van der Waals surface area (Å²) in [5.74, 6) is 4.32. The van der Waals surface area contributed by atoms with E-state index in [1.165, 1.54) is 32.1 Å². The van der Waals surface area contributed by atoms with E-state index < -0.39 is 0 Å². The van der Waals surface area contributed by atoms with Crippen molar-refractivity contribution in [2.24, 2.45) is 29.6 Å². The van der Waals surface area contributed by atoms with Crippen LogP contribution in [0, 0.1) is 29.6 Å². The minimum absolute atomic E-state index is 0.0564. The summed E-state index contributed by atoms with van der Waals surface area (Å²) >= 11 is 0. The van der Waals surface area contributed by atoms with Gasteiger partial charge in [-0.1, -0.05) is 13.3 Å². The van der Waals surface area contributed by atoms with Crippen LogP contribution in [-0.2, 0) is 9.53 Å². The number of rotatable bonds is 5.